The van der Waals surface area contributed by atoms with Crippen LogP contribution in [0.3, 0.4) is 0 Å². The van der Waals surface area contributed by atoms with Gasteiger partial charge in [-0.3, -0.25) is 0 Å². The van der Waals surface area contributed by atoms with Crippen LogP contribution in [0.4, 0.5) is 4.79 Å². The summed E-state index contributed by atoms with van der Waals surface area (Å²) in [6.45, 7) is 19.4. The van der Waals surface area contributed by atoms with Gasteiger partial charge in [0.1, 0.15) is 17.6 Å². The highest BCUT2D eigenvalue weighted by Crippen LogP contribution is 2.19. The zero-order chi connectivity index (χ0) is 26.8. The van der Waals surface area contributed by atoms with E-state index in [9.17, 15) is 4.79 Å². The predicted octanol–water partition coefficient (Wildman–Crippen LogP) is 4.01. The summed E-state index contributed by atoms with van der Waals surface area (Å²) in [4.78, 5) is 15.9. The normalized spacial score (nSPS) is 12.7. The largest absolute Gasteiger partial charge is 0.467 e. The zero-order valence-corrected chi connectivity index (χ0v) is 27.8. The number of hydrogen-bond acceptors (Lipinski definition) is 6. The van der Waals surface area contributed by atoms with Crippen LogP contribution in [0.15, 0.2) is 22.8 Å². The van der Waals surface area contributed by atoms with E-state index in [0.29, 0.717) is 33.0 Å². The Morgan fingerprint density at radius 2 is 1.36 bits per heavy atom. The van der Waals surface area contributed by atoms with Gasteiger partial charge in [0.2, 0.25) is 0 Å². The Morgan fingerprint density at radius 3 is 1.72 bits per heavy atom. The second kappa shape index (κ2) is 19.2. The second-order valence-electron chi connectivity index (χ2n) is 9.78. The van der Waals surface area contributed by atoms with Gasteiger partial charge in [-0.25, -0.2) is 4.79 Å². The number of ether oxygens (including phenoxy) is 4. The lowest BCUT2D eigenvalue weighted by Crippen LogP contribution is -2.54. The molecule has 0 saturated carbocycles. The molecule has 1 aromatic rings. The first-order valence-corrected chi connectivity index (χ1v) is 20.9. The highest BCUT2D eigenvalue weighted by molar-refractivity contribution is 6.75. The first-order chi connectivity index (χ1) is 17.3. The molecular formula is C25H52N2O6Si3. The lowest BCUT2D eigenvalue weighted by Gasteiger charge is -2.38. The number of urea groups is 1. The third kappa shape index (κ3) is 13.5. The van der Waals surface area contributed by atoms with Crippen molar-refractivity contribution in [3.05, 3.63) is 24.2 Å². The first-order valence-electron chi connectivity index (χ1n) is 13.8. The Labute approximate surface area is 225 Å². The van der Waals surface area contributed by atoms with E-state index in [1.165, 1.54) is 0 Å². The summed E-state index contributed by atoms with van der Waals surface area (Å²) in [5.41, 5.74) is 0. The maximum atomic E-state index is 13.9. The standard InChI is InChI=1S/C25H52N2O6Si3/c1-8-29-24(30-9-2)34-19-13-16-26(17-14-20-35-25(31-10-3)32-11-4)23(28)27(36(5,6)7)21-22-15-12-18-33-22/h12,15,18,24-25H,8-11,13-14,16-17,19-21,34-35H2,1-7H3. The zero-order valence-electron chi connectivity index (χ0n) is 23.9. The summed E-state index contributed by atoms with van der Waals surface area (Å²) < 4.78 is 30.6. The van der Waals surface area contributed by atoms with Gasteiger partial charge in [-0.2, -0.15) is 0 Å². The molecule has 210 valence electrons. The highest BCUT2D eigenvalue weighted by atomic mass is 28.3. The monoisotopic (exact) mass is 560 g/mol. The average Bonchev–Trinajstić information content (AvgIpc) is 3.34. The molecule has 0 aliphatic carbocycles. The molecule has 2 amide bonds. The Kier molecular flexibility index (Phi) is 17.6. The molecule has 0 fully saturated rings. The maximum absolute atomic E-state index is 13.9. The van der Waals surface area contributed by atoms with E-state index in [-0.39, 0.29) is 17.9 Å². The number of carbonyl (C=O) groups is 1. The van der Waals surface area contributed by atoms with Gasteiger partial charge >= 0.3 is 6.03 Å². The van der Waals surface area contributed by atoms with Crippen LogP contribution in [0, 0.1) is 0 Å². The van der Waals surface area contributed by atoms with Crippen LogP contribution in [0.5, 0.6) is 0 Å². The van der Waals surface area contributed by atoms with Crippen LogP contribution < -0.4 is 0 Å². The van der Waals surface area contributed by atoms with E-state index in [2.05, 4.69) is 29.1 Å². The molecule has 0 aromatic carbocycles. The smallest absolute Gasteiger partial charge is 0.312 e. The van der Waals surface area contributed by atoms with Crippen molar-refractivity contribution in [2.24, 2.45) is 0 Å². The molecule has 0 N–H and O–H groups in total. The van der Waals surface area contributed by atoms with Gasteiger partial charge in [-0.15, -0.1) is 0 Å². The fourth-order valence-corrected chi connectivity index (χ4v) is 8.67. The van der Waals surface area contributed by atoms with E-state index >= 15 is 0 Å². The molecule has 0 saturated heterocycles. The number of nitrogens with zero attached hydrogens (tertiary/aromatic N) is 2. The fourth-order valence-electron chi connectivity index (χ4n) is 4.02. The van der Waals surface area contributed by atoms with Gasteiger partial charge in [0.15, 0.2) is 8.24 Å². The topological polar surface area (TPSA) is 73.6 Å². The van der Waals surface area contributed by atoms with Crippen molar-refractivity contribution in [3.8, 4) is 0 Å². The quantitative estimate of drug-likeness (QED) is 0.129. The lowest BCUT2D eigenvalue weighted by atomic mass is 10.3. The van der Waals surface area contributed by atoms with Crippen molar-refractivity contribution < 1.29 is 28.2 Å². The summed E-state index contributed by atoms with van der Waals surface area (Å²) in [5, 5.41) is 0. The van der Waals surface area contributed by atoms with Crippen molar-refractivity contribution in [3.63, 3.8) is 0 Å². The molecule has 1 rings (SSSR count). The second-order valence-corrected chi connectivity index (χ2v) is 18.6. The molecule has 0 radical (unpaired) electrons. The molecule has 0 aliphatic rings. The van der Waals surface area contributed by atoms with Crippen molar-refractivity contribution in [1.29, 1.82) is 0 Å². The Balaban J connectivity index is 2.80. The Morgan fingerprint density at radius 1 is 0.889 bits per heavy atom. The number of furan rings is 1. The minimum absolute atomic E-state index is 0.0263. The van der Waals surface area contributed by atoms with Crippen LogP contribution in [-0.2, 0) is 25.5 Å². The van der Waals surface area contributed by atoms with Crippen LogP contribution in [-0.4, -0.2) is 94.1 Å². The van der Waals surface area contributed by atoms with E-state index in [0.717, 1.165) is 43.8 Å². The van der Waals surface area contributed by atoms with Crippen LogP contribution in [0.25, 0.3) is 0 Å². The number of hydrogen-bond donors (Lipinski definition) is 0. The van der Waals surface area contributed by atoms with Crippen LogP contribution >= 0.6 is 0 Å². The average molecular weight is 561 g/mol. The van der Waals surface area contributed by atoms with E-state index in [4.69, 9.17) is 23.4 Å². The third-order valence-corrected chi connectivity index (χ3v) is 11.5. The van der Waals surface area contributed by atoms with E-state index in [1.807, 2.05) is 39.8 Å². The SMILES string of the molecule is CCOC(OCC)[SiH2]CCCN(CCC[SiH2]C(OCC)OCC)C(=O)N(Cc1ccco1)[Si](C)(C)C. The maximum Gasteiger partial charge on any atom is 0.312 e. The predicted molar refractivity (Wildman–Crippen MR) is 155 cm³/mol. The molecule has 0 spiro atoms. The van der Waals surface area contributed by atoms with E-state index in [1.54, 1.807) is 6.26 Å². The molecule has 0 unspecified atom stereocenters. The molecule has 0 aliphatic heterocycles. The van der Waals surface area contributed by atoms with Crippen molar-refractivity contribution >= 4 is 33.3 Å². The van der Waals surface area contributed by atoms with Gasteiger partial charge in [0, 0.05) is 39.5 Å². The Bertz CT molecular complexity index is 639. The molecule has 1 aromatic heterocycles. The van der Waals surface area contributed by atoms with Crippen molar-refractivity contribution in [1.82, 2.24) is 9.47 Å². The van der Waals surface area contributed by atoms with Crippen LogP contribution in [0.1, 0.15) is 46.3 Å². The van der Waals surface area contributed by atoms with Crippen molar-refractivity contribution in [2.45, 2.75) is 90.6 Å². The summed E-state index contributed by atoms with van der Waals surface area (Å²) in [6, 6.07) is 6.14. The van der Waals surface area contributed by atoms with Gasteiger partial charge in [0.05, 0.1) is 31.8 Å². The summed E-state index contributed by atoms with van der Waals surface area (Å²) in [6.07, 6.45) is 3.63. The minimum atomic E-state index is -1.92. The number of rotatable bonds is 21. The molecule has 0 bridgehead atoms. The van der Waals surface area contributed by atoms with Gasteiger partial charge in [-0.05, 0) is 52.7 Å². The summed E-state index contributed by atoms with van der Waals surface area (Å²) in [7, 11) is -2.97. The minimum Gasteiger partial charge on any atom is -0.467 e. The number of carbonyl (C=O) groups excluding carboxylic acids is 1. The Hall–Kier alpha value is -0.959. The fraction of sp³-hybridized carbons (Fsp3) is 0.800. The molecule has 11 heteroatoms. The molecule has 36 heavy (non-hydrogen) atoms. The number of amides is 2. The molecule has 1 heterocycles. The summed E-state index contributed by atoms with van der Waals surface area (Å²) in [5.74, 6) is 0.779. The first kappa shape index (κ1) is 33.1. The summed E-state index contributed by atoms with van der Waals surface area (Å²) >= 11 is 0. The molecular weight excluding hydrogens is 509 g/mol. The third-order valence-electron chi connectivity index (χ3n) is 5.85. The van der Waals surface area contributed by atoms with Gasteiger partial charge in [0.25, 0.3) is 0 Å². The van der Waals surface area contributed by atoms with Crippen LogP contribution in [0.2, 0.25) is 31.7 Å². The molecule has 0 atom stereocenters. The van der Waals surface area contributed by atoms with Crippen molar-refractivity contribution in [2.75, 3.05) is 39.5 Å². The lowest BCUT2D eigenvalue weighted by molar-refractivity contribution is -0.0829. The van der Waals surface area contributed by atoms with Gasteiger partial charge in [-0.1, -0.05) is 31.7 Å². The van der Waals surface area contributed by atoms with E-state index < -0.39 is 27.3 Å². The van der Waals surface area contributed by atoms with Gasteiger partial charge < -0.3 is 32.8 Å². The molecule has 8 nitrogen and oxygen atoms in total. The highest BCUT2D eigenvalue weighted by Gasteiger charge is 2.32.